The summed E-state index contributed by atoms with van der Waals surface area (Å²) in [4.78, 5) is 24.1. The van der Waals surface area contributed by atoms with Gasteiger partial charge in [0.2, 0.25) is 15.9 Å². The number of amides is 2. The van der Waals surface area contributed by atoms with Crippen LogP contribution in [-0.2, 0) is 14.8 Å². The van der Waals surface area contributed by atoms with Crippen molar-refractivity contribution in [2.24, 2.45) is 0 Å². The van der Waals surface area contributed by atoms with E-state index >= 15 is 0 Å². The fourth-order valence-corrected chi connectivity index (χ4v) is 3.83. The Bertz CT molecular complexity index is 910. The molecule has 1 N–H and O–H groups in total. The first-order valence-electron chi connectivity index (χ1n) is 7.10. The Labute approximate surface area is 138 Å². The zero-order chi connectivity index (χ0) is 17.3. The standard InChI is InChI=1S/C16H13FN2O4S/c17-12-4-6-13(7-5-12)18-16(21)11-2-1-3-14(10-11)19-15(20)8-9-24(19,22)23/h1-7,10H,8-9H2,(H,18,21). The Morgan fingerprint density at radius 2 is 1.83 bits per heavy atom. The van der Waals surface area contributed by atoms with Gasteiger partial charge in [-0.1, -0.05) is 6.07 Å². The molecular weight excluding hydrogens is 335 g/mol. The first kappa shape index (κ1) is 16.1. The Balaban J connectivity index is 1.86. The second kappa shape index (κ2) is 6.04. The number of hydrogen-bond acceptors (Lipinski definition) is 4. The number of nitrogens with one attached hydrogen (secondary N) is 1. The van der Waals surface area contributed by atoms with Gasteiger partial charge in [0.1, 0.15) is 5.82 Å². The molecule has 1 aliphatic rings. The number of sulfonamides is 1. The summed E-state index contributed by atoms with van der Waals surface area (Å²) in [6.45, 7) is 0. The molecule has 3 rings (SSSR count). The highest BCUT2D eigenvalue weighted by molar-refractivity contribution is 7.94. The van der Waals surface area contributed by atoms with E-state index < -0.39 is 27.7 Å². The number of hydrogen-bond donors (Lipinski definition) is 1. The monoisotopic (exact) mass is 348 g/mol. The van der Waals surface area contributed by atoms with Crippen molar-refractivity contribution in [1.82, 2.24) is 0 Å². The van der Waals surface area contributed by atoms with Crippen molar-refractivity contribution in [1.29, 1.82) is 0 Å². The summed E-state index contributed by atoms with van der Waals surface area (Å²) in [5, 5.41) is 2.58. The van der Waals surface area contributed by atoms with Crippen LogP contribution in [0.5, 0.6) is 0 Å². The van der Waals surface area contributed by atoms with Crippen molar-refractivity contribution in [3.63, 3.8) is 0 Å². The number of halogens is 1. The summed E-state index contributed by atoms with van der Waals surface area (Å²) in [5.41, 5.74) is 0.715. The Morgan fingerprint density at radius 1 is 1.12 bits per heavy atom. The van der Waals surface area contributed by atoms with E-state index in [1.165, 1.54) is 48.5 Å². The number of carbonyl (C=O) groups is 2. The SMILES string of the molecule is O=C(Nc1ccc(F)cc1)c1cccc(N2C(=O)CCS2(=O)=O)c1. The average molecular weight is 348 g/mol. The lowest BCUT2D eigenvalue weighted by Crippen LogP contribution is -2.29. The fraction of sp³-hybridized carbons (Fsp3) is 0.125. The topological polar surface area (TPSA) is 83.6 Å². The van der Waals surface area contributed by atoms with Crippen LogP contribution in [0.1, 0.15) is 16.8 Å². The van der Waals surface area contributed by atoms with Gasteiger partial charge in [-0.15, -0.1) is 0 Å². The van der Waals surface area contributed by atoms with Crippen LogP contribution in [0.25, 0.3) is 0 Å². The van der Waals surface area contributed by atoms with Crippen molar-refractivity contribution in [2.75, 3.05) is 15.4 Å². The predicted molar refractivity (Wildman–Crippen MR) is 86.7 cm³/mol. The highest BCUT2D eigenvalue weighted by Gasteiger charge is 2.36. The zero-order valence-electron chi connectivity index (χ0n) is 12.4. The summed E-state index contributed by atoms with van der Waals surface area (Å²) in [5.74, 6) is -1.68. The molecule has 6 nitrogen and oxygen atoms in total. The lowest BCUT2D eigenvalue weighted by atomic mass is 10.1. The third kappa shape index (κ3) is 3.13. The van der Waals surface area contributed by atoms with Crippen molar-refractivity contribution in [3.8, 4) is 0 Å². The second-order valence-electron chi connectivity index (χ2n) is 5.24. The van der Waals surface area contributed by atoms with E-state index in [2.05, 4.69) is 5.32 Å². The number of benzene rings is 2. The maximum absolute atomic E-state index is 12.9. The van der Waals surface area contributed by atoms with E-state index in [1.54, 1.807) is 0 Å². The minimum Gasteiger partial charge on any atom is -0.322 e. The fourth-order valence-electron chi connectivity index (χ4n) is 2.38. The van der Waals surface area contributed by atoms with E-state index in [-0.39, 0.29) is 23.4 Å². The van der Waals surface area contributed by atoms with Crippen molar-refractivity contribution >= 4 is 33.2 Å². The van der Waals surface area contributed by atoms with Gasteiger partial charge in [0.25, 0.3) is 5.91 Å². The molecule has 0 saturated carbocycles. The second-order valence-corrected chi connectivity index (χ2v) is 7.17. The molecule has 1 aliphatic heterocycles. The molecule has 0 aromatic heterocycles. The van der Waals surface area contributed by atoms with Gasteiger partial charge in [-0.3, -0.25) is 9.59 Å². The molecule has 0 bridgehead atoms. The molecule has 2 amide bonds. The van der Waals surface area contributed by atoms with Crippen LogP contribution in [0, 0.1) is 5.82 Å². The highest BCUT2D eigenvalue weighted by atomic mass is 32.2. The van der Waals surface area contributed by atoms with Crippen molar-refractivity contribution in [2.45, 2.75) is 6.42 Å². The van der Waals surface area contributed by atoms with Gasteiger partial charge >= 0.3 is 0 Å². The largest absolute Gasteiger partial charge is 0.322 e. The van der Waals surface area contributed by atoms with E-state index in [4.69, 9.17) is 0 Å². The minimum atomic E-state index is -3.69. The van der Waals surface area contributed by atoms with Gasteiger partial charge < -0.3 is 5.32 Å². The third-order valence-electron chi connectivity index (χ3n) is 3.52. The minimum absolute atomic E-state index is 0.0751. The number of carbonyl (C=O) groups excluding carboxylic acids is 2. The zero-order valence-corrected chi connectivity index (χ0v) is 13.2. The summed E-state index contributed by atoms with van der Waals surface area (Å²) in [7, 11) is -3.69. The molecule has 2 aromatic rings. The van der Waals surface area contributed by atoms with Crippen LogP contribution < -0.4 is 9.62 Å². The van der Waals surface area contributed by atoms with Gasteiger partial charge in [0.05, 0.1) is 11.4 Å². The van der Waals surface area contributed by atoms with E-state index in [0.29, 0.717) is 5.69 Å². The predicted octanol–water partition coefficient (Wildman–Crippen LogP) is 2.14. The summed E-state index contributed by atoms with van der Waals surface area (Å²) in [6, 6.07) is 11.0. The van der Waals surface area contributed by atoms with Crippen LogP contribution in [0.2, 0.25) is 0 Å². The molecular formula is C16H13FN2O4S. The molecule has 2 aromatic carbocycles. The molecule has 0 radical (unpaired) electrons. The summed E-state index contributed by atoms with van der Waals surface area (Å²) < 4.78 is 37.5. The number of anilines is 2. The maximum atomic E-state index is 12.9. The van der Waals surface area contributed by atoms with E-state index in [9.17, 15) is 22.4 Å². The molecule has 1 saturated heterocycles. The molecule has 0 atom stereocenters. The third-order valence-corrected chi connectivity index (χ3v) is 5.21. The smallest absolute Gasteiger partial charge is 0.255 e. The van der Waals surface area contributed by atoms with Crippen LogP contribution in [0.3, 0.4) is 0 Å². The van der Waals surface area contributed by atoms with Crippen molar-refractivity contribution < 1.29 is 22.4 Å². The first-order chi connectivity index (χ1) is 11.4. The number of nitrogens with zero attached hydrogens (tertiary/aromatic N) is 1. The van der Waals surface area contributed by atoms with Crippen LogP contribution >= 0.6 is 0 Å². The van der Waals surface area contributed by atoms with Gasteiger partial charge in [-0.2, -0.15) is 0 Å². The summed E-state index contributed by atoms with van der Waals surface area (Å²) in [6.07, 6.45) is -0.0751. The normalized spacial score (nSPS) is 16.2. The molecule has 0 spiro atoms. The lowest BCUT2D eigenvalue weighted by molar-refractivity contribution is -0.116. The molecule has 1 heterocycles. The first-order valence-corrected chi connectivity index (χ1v) is 8.70. The van der Waals surface area contributed by atoms with Crippen LogP contribution in [-0.4, -0.2) is 26.0 Å². The Kier molecular flexibility index (Phi) is 4.06. The molecule has 1 fully saturated rings. The van der Waals surface area contributed by atoms with Gasteiger partial charge in [0.15, 0.2) is 0 Å². The number of rotatable bonds is 3. The van der Waals surface area contributed by atoms with Crippen LogP contribution in [0.15, 0.2) is 48.5 Å². The Hall–Kier alpha value is -2.74. The van der Waals surface area contributed by atoms with Gasteiger partial charge in [-0.25, -0.2) is 17.1 Å². The van der Waals surface area contributed by atoms with Crippen molar-refractivity contribution in [3.05, 3.63) is 59.9 Å². The van der Waals surface area contributed by atoms with E-state index in [1.807, 2.05) is 0 Å². The molecule has 0 aliphatic carbocycles. The van der Waals surface area contributed by atoms with Gasteiger partial charge in [-0.05, 0) is 42.5 Å². The van der Waals surface area contributed by atoms with Gasteiger partial charge in [0, 0.05) is 17.7 Å². The Morgan fingerprint density at radius 3 is 2.46 bits per heavy atom. The summed E-state index contributed by atoms with van der Waals surface area (Å²) >= 11 is 0. The quantitative estimate of drug-likeness (QED) is 0.921. The average Bonchev–Trinajstić information content (AvgIpc) is 2.83. The molecule has 8 heteroatoms. The molecule has 0 unspecified atom stereocenters. The lowest BCUT2D eigenvalue weighted by Gasteiger charge is -2.15. The maximum Gasteiger partial charge on any atom is 0.255 e. The molecule has 124 valence electrons. The van der Waals surface area contributed by atoms with E-state index in [0.717, 1.165) is 4.31 Å². The highest BCUT2D eigenvalue weighted by Crippen LogP contribution is 2.26. The van der Waals surface area contributed by atoms with Crippen LogP contribution in [0.4, 0.5) is 15.8 Å². The molecule has 24 heavy (non-hydrogen) atoms.